The number of benzene rings is 1. The van der Waals surface area contributed by atoms with Crippen molar-refractivity contribution in [2.75, 3.05) is 6.54 Å². The summed E-state index contributed by atoms with van der Waals surface area (Å²) in [6, 6.07) is 5.14. The number of hydrogen-bond acceptors (Lipinski definition) is 1. The Bertz CT molecular complexity index is 447. The average molecular weight is 284 g/mol. The standard InChI is InChI=1S/C14H15Cl2NO/c1-2-3-4-7-17-14(18)6-5-11-8-12(15)10-13(16)9-11/h2-3,5-6,8-10H,4,7H2,1H3,(H,17,18)/b3-2+,6-5+. The predicted molar refractivity (Wildman–Crippen MR) is 77.9 cm³/mol. The molecule has 4 heteroatoms. The summed E-state index contributed by atoms with van der Waals surface area (Å²) in [5, 5.41) is 3.88. The normalized spacial score (nSPS) is 11.3. The fourth-order valence-corrected chi connectivity index (χ4v) is 1.89. The van der Waals surface area contributed by atoms with Gasteiger partial charge in [0.15, 0.2) is 0 Å². The topological polar surface area (TPSA) is 29.1 Å². The molecular weight excluding hydrogens is 269 g/mol. The first-order valence-electron chi connectivity index (χ1n) is 5.65. The summed E-state index contributed by atoms with van der Waals surface area (Å²) in [5.74, 6) is -0.129. The molecule has 0 fully saturated rings. The highest BCUT2D eigenvalue weighted by molar-refractivity contribution is 6.34. The minimum atomic E-state index is -0.129. The van der Waals surface area contributed by atoms with Crippen LogP contribution >= 0.6 is 23.2 Å². The summed E-state index contributed by atoms with van der Waals surface area (Å²) in [6.45, 7) is 2.58. The predicted octanol–water partition coefficient (Wildman–Crippen LogP) is 4.09. The van der Waals surface area contributed by atoms with Crippen molar-refractivity contribution in [1.29, 1.82) is 0 Å². The van der Waals surface area contributed by atoms with Crippen LogP contribution in [0.2, 0.25) is 10.0 Å². The van der Waals surface area contributed by atoms with Crippen LogP contribution in [0.3, 0.4) is 0 Å². The second kappa shape index (κ2) is 7.96. The van der Waals surface area contributed by atoms with E-state index in [1.165, 1.54) is 6.08 Å². The van der Waals surface area contributed by atoms with E-state index in [0.717, 1.165) is 12.0 Å². The van der Waals surface area contributed by atoms with Gasteiger partial charge in [-0.15, -0.1) is 0 Å². The third-order valence-electron chi connectivity index (χ3n) is 2.16. The van der Waals surface area contributed by atoms with Crippen LogP contribution in [0.5, 0.6) is 0 Å². The van der Waals surface area contributed by atoms with Crippen molar-refractivity contribution in [3.63, 3.8) is 0 Å². The number of hydrogen-bond donors (Lipinski definition) is 1. The van der Waals surface area contributed by atoms with E-state index in [1.54, 1.807) is 24.3 Å². The van der Waals surface area contributed by atoms with Gasteiger partial charge in [-0.1, -0.05) is 35.4 Å². The van der Waals surface area contributed by atoms with Crippen molar-refractivity contribution >= 4 is 35.2 Å². The van der Waals surface area contributed by atoms with Crippen molar-refractivity contribution < 1.29 is 4.79 Å². The third kappa shape index (κ3) is 5.89. The van der Waals surface area contributed by atoms with Crippen molar-refractivity contribution in [3.8, 4) is 0 Å². The van der Waals surface area contributed by atoms with E-state index in [1.807, 2.05) is 19.1 Å². The van der Waals surface area contributed by atoms with Crippen LogP contribution in [-0.2, 0) is 4.79 Å². The van der Waals surface area contributed by atoms with Gasteiger partial charge in [-0.25, -0.2) is 0 Å². The van der Waals surface area contributed by atoms with Gasteiger partial charge in [0.2, 0.25) is 5.91 Å². The highest BCUT2D eigenvalue weighted by atomic mass is 35.5. The minimum Gasteiger partial charge on any atom is -0.352 e. The van der Waals surface area contributed by atoms with Gasteiger partial charge < -0.3 is 5.32 Å². The molecular formula is C14H15Cl2NO. The first-order valence-corrected chi connectivity index (χ1v) is 6.40. The molecule has 0 atom stereocenters. The molecule has 0 aliphatic rings. The fraction of sp³-hybridized carbons (Fsp3) is 0.214. The zero-order valence-electron chi connectivity index (χ0n) is 10.1. The molecule has 1 N–H and O–H groups in total. The lowest BCUT2D eigenvalue weighted by Gasteiger charge is -1.99. The number of amides is 1. The maximum absolute atomic E-state index is 11.5. The van der Waals surface area contributed by atoms with Crippen LogP contribution < -0.4 is 5.32 Å². The number of rotatable bonds is 5. The second-order valence-corrected chi connectivity index (χ2v) is 4.56. The molecule has 0 saturated heterocycles. The minimum absolute atomic E-state index is 0.129. The van der Waals surface area contributed by atoms with Crippen molar-refractivity contribution in [2.45, 2.75) is 13.3 Å². The van der Waals surface area contributed by atoms with E-state index >= 15 is 0 Å². The molecule has 18 heavy (non-hydrogen) atoms. The van der Waals surface area contributed by atoms with E-state index in [4.69, 9.17) is 23.2 Å². The molecule has 0 spiro atoms. The molecule has 2 nitrogen and oxygen atoms in total. The van der Waals surface area contributed by atoms with Gasteiger partial charge >= 0.3 is 0 Å². The Morgan fingerprint density at radius 2 is 1.94 bits per heavy atom. The summed E-state index contributed by atoms with van der Waals surface area (Å²) in [5.41, 5.74) is 0.802. The first-order chi connectivity index (χ1) is 8.61. The molecule has 1 aromatic carbocycles. The molecule has 0 bridgehead atoms. The third-order valence-corrected chi connectivity index (χ3v) is 2.59. The monoisotopic (exact) mass is 283 g/mol. The molecule has 0 aliphatic carbocycles. The molecule has 0 aliphatic heterocycles. The molecule has 1 amide bonds. The molecule has 0 saturated carbocycles. The SMILES string of the molecule is C/C=C/CCNC(=O)/C=C/c1cc(Cl)cc(Cl)c1. The van der Waals surface area contributed by atoms with Gasteiger partial charge in [0, 0.05) is 22.7 Å². The Morgan fingerprint density at radius 3 is 2.56 bits per heavy atom. The smallest absolute Gasteiger partial charge is 0.244 e. The lowest BCUT2D eigenvalue weighted by Crippen LogP contribution is -2.21. The molecule has 1 aromatic rings. The number of carbonyl (C=O) groups is 1. The molecule has 0 heterocycles. The van der Waals surface area contributed by atoms with Gasteiger partial charge in [-0.2, -0.15) is 0 Å². The molecule has 96 valence electrons. The second-order valence-electron chi connectivity index (χ2n) is 3.68. The average Bonchev–Trinajstić information content (AvgIpc) is 2.31. The van der Waals surface area contributed by atoms with E-state index in [-0.39, 0.29) is 5.91 Å². The zero-order valence-corrected chi connectivity index (χ0v) is 11.6. The quantitative estimate of drug-likeness (QED) is 0.492. The van der Waals surface area contributed by atoms with Crippen molar-refractivity contribution in [3.05, 3.63) is 52.0 Å². The van der Waals surface area contributed by atoms with Gasteiger partial charge in [0.1, 0.15) is 0 Å². The van der Waals surface area contributed by atoms with Gasteiger partial charge in [0.25, 0.3) is 0 Å². The van der Waals surface area contributed by atoms with E-state index in [9.17, 15) is 4.79 Å². The summed E-state index contributed by atoms with van der Waals surface area (Å²) in [4.78, 5) is 11.5. The fourth-order valence-electron chi connectivity index (χ4n) is 1.35. The van der Waals surface area contributed by atoms with Gasteiger partial charge in [0.05, 0.1) is 0 Å². The van der Waals surface area contributed by atoms with Crippen LogP contribution in [0.4, 0.5) is 0 Å². The van der Waals surface area contributed by atoms with E-state index in [2.05, 4.69) is 5.32 Å². The molecule has 0 radical (unpaired) electrons. The van der Waals surface area contributed by atoms with Gasteiger partial charge in [-0.3, -0.25) is 4.79 Å². The lowest BCUT2D eigenvalue weighted by atomic mass is 10.2. The number of halogens is 2. The van der Waals surface area contributed by atoms with Crippen LogP contribution in [0, 0.1) is 0 Å². The molecule has 0 aromatic heterocycles. The van der Waals surface area contributed by atoms with Crippen molar-refractivity contribution in [1.82, 2.24) is 5.32 Å². The highest BCUT2D eigenvalue weighted by Gasteiger charge is 1.97. The lowest BCUT2D eigenvalue weighted by molar-refractivity contribution is -0.116. The largest absolute Gasteiger partial charge is 0.352 e. The van der Waals surface area contributed by atoms with Gasteiger partial charge in [-0.05, 0) is 43.2 Å². The van der Waals surface area contributed by atoms with Crippen LogP contribution in [-0.4, -0.2) is 12.5 Å². The maximum Gasteiger partial charge on any atom is 0.244 e. The highest BCUT2D eigenvalue weighted by Crippen LogP contribution is 2.19. The summed E-state index contributed by atoms with van der Waals surface area (Å²) in [7, 11) is 0. The Kier molecular flexibility index (Phi) is 6.55. The first kappa shape index (κ1) is 14.8. The number of allylic oxidation sites excluding steroid dienone is 1. The Hall–Kier alpha value is -1.25. The Morgan fingerprint density at radius 1 is 1.28 bits per heavy atom. The van der Waals surface area contributed by atoms with Crippen LogP contribution in [0.25, 0.3) is 6.08 Å². The summed E-state index contributed by atoms with van der Waals surface area (Å²) >= 11 is 11.7. The zero-order chi connectivity index (χ0) is 13.4. The number of nitrogens with one attached hydrogen (secondary N) is 1. The van der Waals surface area contributed by atoms with Crippen molar-refractivity contribution in [2.24, 2.45) is 0 Å². The van der Waals surface area contributed by atoms with E-state index in [0.29, 0.717) is 16.6 Å². The number of carbonyl (C=O) groups excluding carboxylic acids is 1. The maximum atomic E-state index is 11.5. The molecule has 0 unspecified atom stereocenters. The van der Waals surface area contributed by atoms with Crippen LogP contribution in [0.1, 0.15) is 18.9 Å². The Balaban J connectivity index is 2.50. The summed E-state index contributed by atoms with van der Waals surface area (Å²) < 4.78 is 0. The summed E-state index contributed by atoms with van der Waals surface area (Å²) in [6.07, 6.45) is 7.94. The molecule has 1 rings (SSSR count). The van der Waals surface area contributed by atoms with E-state index < -0.39 is 0 Å². The van der Waals surface area contributed by atoms with Crippen LogP contribution in [0.15, 0.2) is 36.4 Å². The Labute approximate surface area is 117 Å².